The molecule has 1 aromatic carbocycles. The number of likely N-dealkylation sites (N-methyl/N-ethyl adjacent to an activating group) is 1. The molecule has 1 heterocycles. The van der Waals surface area contributed by atoms with Crippen LogP contribution in [0.25, 0.3) is 0 Å². The van der Waals surface area contributed by atoms with Gasteiger partial charge in [-0.1, -0.05) is 22.9 Å². The zero-order valence-corrected chi connectivity index (χ0v) is 14.5. The highest BCUT2D eigenvalue weighted by molar-refractivity contribution is 9.10. The van der Waals surface area contributed by atoms with Gasteiger partial charge in [-0.25, -0.2) is 4.39 Å². The van der Waals surface area contributed by atoms with Gasteiger partial charge in [0.15, 0.2) is 0 Å². The van der Waals surface area contributed by atoms with Crippen LogP contribution in [0.15, 0.2) is 22.7 Å². The number of hydrogen-bond donors (Lipinski definition) is 1. The van der Waals surface area contributed by atoms with Crippen molar-refractivity contribution in [3.05, 3.63) is 51.0 Å². The van der Waals surface area contributed by atoms with Crippen LogP contribution < -0.4 is 5.32 Å². The zero-order chi connectivity index (χ0) is 15.6. The zero-order valence-electron chi connectivity index (χ0n) is 12.9. The molecule has 2 aromatic rings. The van der Waals surface area contributed by atoms with Gasteiger partial charge in [0.1, 0.15) is 5.82 Å². The predicted molar refractivity (Wildman–Crippen MR) is 86.9 cm³/mol. The van der Waals surface area contributed by atoms with Crippen LogP contribution in [-0.2, 0) is 13.5 Å². The van der Waals surface area contributed by atoms with E-state index in [2.05, 4.69) is 40.2 Å². The fourth-order valence-corrected chi connectivity index (χ4v) is 3.15. The largest absolute Gasteiger partial charge is 0.310 e. The minimum absolute atomic E-state index is 0.0625. The lowest BCUT2D eigenvalue weighted by atomic mass is 9.97. The van der Waals surface area contributed by atoms with Gasteiger partial charge >= 0.3 is 0 Å². The van der Waals surface area contributed by atoms with Crippen LogP contribution in [0.3, 0.4) is 0 Å². The Morgan fingerprint density at radius 2 is 2.10 bits per heavy atom. The Labute approximate surface area is 133 Å². The van der Waals surface area contributed by atoms with E-state index in [0.29, 0.717) is 12.0 Å². The Morgan fingerprint density at radius 1 is 1.38 bits per heavy atom. The van der Waals surface area contributed by atoms with E-state index in [0.717, 1.165) is 22.4 Å². The molecule has 1 aromatic heterocycles. The van der Waals surface area contributed by atoms with Crippen LogP contribution >= 0.6 is 15.9 Å². The molecule has 0 fully saturated rings. The maximum absolute atomic E-state index is 14.0. The molecule has 0 saturated heterocycles. The van der Waals surface area contributed by atoms with Gasteiger partial charge < -0.3 is 5.32 Å². The number of benzene rings is 1. The number of aryl methyl sites for hydroxylation is 2. The fraction of sp³-hybridized carbons (Fsp3) is 0.438. The van der Waals surface area contributed by atoms with Gasteiger partial charge in [0.25, 0.3) is 0 Å². The van der Waals surface area contributed by atoms with Crippen LogP contribution in [0.4, 0.5) is 4.39 Å². The standard InChI is InChI=1S/C16H21BrFN3/c1-5-19-15(16-10(2)20-21(4)11(16)3)9-12-8-13(17)6-7-14(12)18/h6-8,15,19H,5,9H2,1-4H3. The van der Waals surface area contributed by atoms with Crippen molar-refractivity contribution in [2.24, 2.45) is 7.05 Å². The number of nitrogens with one attached hydrogen (secondary N) is 1. The summed E-state index contributed by atoms with van der Waals surface area (Å²) in [6, 6.07) is 5.14. The third kappa shape index (κ3) is 3.52. The van der Waals surface area contributed by atoms with E-state index in [-0.39, 0.29) is 11.9 Å². The minimum Gasteiger partial charge on any atom is -0.310 e. The summed E-state index contributed by atoms with van der Waals surface area (Å²) in [4.78, 5) is 0. The molecule has 0 aliphatic heterocycles. The molecule has 0 amide bonds. The first-order valence-electron chi connectivity index (χ1n) is 7.11. The molecule has 0 spiro atoms. The smallest absolute Gasteiger partial charge is 0.126 e. The van der Waals surface area contributed by atoms with Gasteiger partial charge in [0.2, 0.25) is 0 Å². The van der Waals surface area contributed by atoms with E-state index < -0.39 is 0 Å². The number of halogens is 2. The first-order valence-corrected chi connectivity index (χ1v) is 7.90. The van der Waals surface area contributed by atoms with Crippen molar-refractivity contribution in [2.45, 2.75) is 33.2 Å². The number of hydrogen-bond acceptors (Lipinski definition) is 2. The van der Waals surface area contributed by atoms with E-state index in [1.165, 1.54) is 11.6 Å². The molecule has 0 saturated carbocycles. The van der Waals surface area contributed by atoms with Crippen molar-refractivity contribution in [1.29, 1.82) is 0 Å². The summed E-state index contributed by atoms with van der Waals surface area (Å²) in [5.74, 6) is -0.166. The Kier molecular flexibility index (Phi) is 5.17. The van der Waals surface area contributed by atoms with Crippen molar-refractivity contribution in [3.63, 3.8) is 0 Å². The monoisotopic (exact) mass is 353 g/mol. The molecule has 0 bridgehead atoms. The second-order valence-corrected chi connectivity index (χ2v) is 6.17. The second kappa shape index (κ2) is 6.71. The van der Waals surface area contributed by atoms with Crippen LogP contribution in [-0.4, -0.2) is 16.3 Å². The van der Waals surface area contributed by atoms with Gasteiger partial charge in [-0.15, -0.1) is 0 Å². The summed E-state index contributed by atoms with van der Waals surface area (Å²) in [5, 5.41) is 7.92. The summed E-state index contributed by atoms with van der Waals surface area (Å²) < 4.78 is 16.8. The van der Waals surface area contributed by atoms with Gasteiger partial charge in [-0.05, 0) is 50.6 Å². The quantitative estimate of drug-likeness (QED) is 0.884. The highest BCUT2D eigenvalue weighted by Crippen LogP contribution is 2.27. The molecule has 5 heteroatoms. The lowest BCUT2D eigenvalue weighted by Crippen LogP contribution is -2.24. The van der Waals surface area contributed by atoms with E-state index >= 15 is 0 Å². The first kappa shape index (κ1) is 16.2. The number of aromatic nitrogens is 2. The van der Waals surface area contributed by atoms with E-state index in [1.807, 2.05) is 24.7 Å². The van der Waals surface area contributed by atoms with Crippen LogP contribution in [0.2, 0.25) is 0 Å². The average molecular weight is 354 g/mol. The lowest BCUT2D eigenvalue weighted by Gasteiger charge is -2.19. The summed E-state index contributed by atoms with van der Waals surface area (Å²) in [7, 11) is 1.94. The predicted octanol–water partition coefficient (Wildman–Crippen LogP) is 3.83. The number of nitrogens with zero attached hydrogens (tertiary/aromatic N) is 2. The third-order valence-corrected chi connectivity index (χ3v) is 4.29. The maximum atomic E-state index is 14.0. The van der Waals surface area contributed by atoms with Crippen molar-refractivity contribution in [3.8, 4) is 0 Å². The van der Waals surface area contributed by atoms with E-state index in [9.17, 15) is 4.39 Å². The molecule has 114 valence electrons. The fourth-order valence-electron chi connectivity index (χ4n) is 2.74. The highest BCUT2D eigenvalue weighted by Gasteiger charge is 2.21. The Bertz CT molecular complexity index is 637. The Hall–Kier alpha value is -1.20. The summed E-state index contributed by atoms with van der Waals surface area (Å²) in [6.07, 6.45) is 0.604. The van der Waals surface area contributed by atoms with Crippen LogP contribution in [0.5, 0.6) is 0 Å². The van der Waals surface area contributed by atoms with Gasteiger partial charge in [0.05, 0.1) is 5.69 Å². The van der Waals surface area contributed by atoms with E-state index in [4.69, 9.17) is 0 Å². The topological polar surface area (TPSA) is 29.9 Å². The molecule has 0 aliphatic carbocycles. The Morgan fingerprint density at radius 3 is 2.67 bits per heavy atom. The average Bonchev–Trinajstić information content (AvgIpc) is 2.67. The summed E-state index contributed by atoms with van der Waals surface area (Å²) in [6.45, 7) is 6.94. The SMILES string of the molecule is CCNC(Cc1cc(Br)ccc1F)c1c(C)nn(C)c1C. The summed E-state index contributed by atoms with van der Waals surface area (Å²) >= 11 is 3.41. The molecule has 1 unspecified atom stereocenters. The molecule has 1 atom stereocenters. The van der Waals surface area contributed by atoms with Crippen molar-refractivity contribution in [2.75, 3.05) is 6.54 Å². The number of rotatable bonds is 5. The molecular weight excluding hydrogens is 333 g/mol. The Balaban J connectivity index is 2.37. The molecule has 21 heavy (non-hydrogen) atoms. The molecular formula is C16H21BrFN3. The van der Waals surface area contributed by atoms with Gasteiger partial charge in [-0.2, -0.15) is 5.10 Å². The highest BCUT2D eigenvalue weighted by atomic mass is 79.9. The third-order valence-electron chi connectivity index (χ3n) is 3.80. The molecule has 3 nitrogen and oxygen atoms in total. The van der Waals surface area contributed by atoms with Gasteiger partial charge in [-0.3, -0.25) is 4.68 Å². The lowest BCUT2D eigenvalue weighted by molar-refractivity contribution is 0.523. The molecule has 0 aliphatic rings. The second-order valence-electron chi connectivity index (χ2n) is 5.26. The molecule has 1 N–H and O–H groups in total. The summed E-state index contributed by atoms with van der Waals surface area (Å²) in [5.41, 5.74) is 3.99. The van der Waals surface area contributed by atoms with Crippen molar-refractivity contribution < 1.29 is 4.39 Å². The van der Waals surface area contributed by atoms with Crippen molar-refractivity contribution in [1.82, 2.24) is 15.1 Å². The van der Waals surface area contributed by atoms with Crippen LogP contribution in [0.1, 0.15) is 35.5 Å². The van der Waals surface area contributed by atoms with Crippen molar-refractivity contribution >= 4 is 15.9 Å². The molecule has 0 radical (unpaired) electrons. The normalized spacial score (nSPS) is 12.7. The minimum atomic E-state index is -0.166. The van der Waals surface area contributed by atoms with Crippen LogP contribution in [0, 0.1) is 19.7 Å². The first-order chi connectivity index (χ1) is 9.93. The van der Waals surface area contributed by atoms with E-state index in [1.54, 1.807) is 6.07 Å². The maximum Gasteiger partial charge on any atom is 0.126 e. The molecule has 2 rings (SSSR count). The van der Waals surface area contributed by atoms with Gasteiger partial charge in [0, 0.05) is 28.8 Å².